The van der Waals surface area contributed by atoms with E-state index in [1.54, 1.807) is 0 Å². The fourth-order valence-corrected chi connectivity index (χ4v) is 2.03. The summed E-state index contributed by atoms with van der Waals surface area (Å²) < 4.78 is 0. The average Bonchev–Trinajstić information content (AvgIpc) is 2.47. The fraction of sp³-hybridized carbons (Fsp3) is 0.588. The van der Waals surface area contributed by atoms with Gasteiger partial charge in [0, 0.05) is 30.5 Å². The molecule has 1 aromatic rings. The Morgan fingerprint density at radius 1 is 1.10 bits per heavy atom. The van der Waals surface area contributed by atoms with Crippen LogP contribution in [0.25, 0.3) is 0 Å². The first kappa shape index (κ1) is 17.3. The molecular weight excluding hydrogens is 262 g/mol. The molecule has 0 aliphatic rings. The maximum absolute atomic E-state index is 11.8. The largest absolute Gasteiger partial charge is 0.376 e. The van der Waals surface area contributed by atoms with E-state index in [1.807, 2.05) is 19.1 Å². The summed E-state index contributed by atoms with van der Waals surface area (Å²) in [5, 5.41) is 6.15. The van der Waals surface area contributed by atoms with Crippen LogP contribution in [0.3, 0.4) is 0 Å². The lowest BCUT2D eigenvalue weighted by Gasteiger charge is -2.21. The molecule has 1 aromatic carbocycles. The van der Waals surface area contributed by atoms with Crippen LogP contribution in [0.4, 0.5) is 11.4 Å². The standard InChI is InChI=1S/C17H29N3O/c1-6-20(7-2)16-10-8-15(9-11-16)18-12-17(21)19-14(5)13(3)4/h8-11,13-14,18H,6-7,12H2,1-5H3,(H,19,21). The summed E-state index contributed by atoms with van der Waals surface area (Å²) in [6.45, 7) is 12.8. The second kappa shape index (κ2) is 8.55. The van der Waals surface area contributed by atoms with Crippen LogP contribution in [0, 0.1) is 5.92 Å². The Labute approximate surface area is 128 Å². The number of hydrogen-bond acceptors (Lipinski definition) is 3. The number of anilines is 2. The summed E-state index contributed by atoms with van der Waals surface area (Å²) in [6, 6.07) is 8.41. The van der Waals surface area contributed by atoms with Crippen LogP contribution in [0.1, 0.15) is 34.6 Å². The van der Waals surface area contributed by atoms with Gasteiger partial charge in [0.05, 0.1) is 6.54 Å². The molecule has 0 aromatic heterocycles. The SMILES string of the molecule is CCN(CC)c1ccc(NCC(=O)NC(C)C(C)C)cc1. The Bertz CT molecular complexity index is 424. The fourth-order valence-electron chi connectivity index (χ4n) is 2.03. The molecule has 1 atom stereocenters. The highest BCUT2D eigenvalue weighted by molar-refractivity contribution is 5.81. The maximum Gasteiger partial charge on any atom is 0.239 e. The van der Waals surface area contributed by atoms with Crippen molar-refractivity contribution in [1.29, 1.82) is 0 Å². The first-order valence-corrected chi connectivity index (χ1v) is 7.86. The first-order chi connectivity index (χ1) is 9.97. The topological polar surface area (TPSA) is 44.4 Å². The van der Waals surface area contributed by atoms with Crippen molar-refractivity contribution in [3.63, 3.8) is 0 Å². The highest BCUT2D eigenvalue weighted by Gasteiger charge is 2.10. The zero-order chi connectivity index (χ0) is 15.8. The summed E-state index contributed by atoms with van der Waals surface area (Å²) in [4.78, 5) is 14.1. The highest BCUT2D eigenvalue weighted by atomic mass is 16.1. The number of amides is 1. The molecule has 1 unspecified atom stereocenters. The molecule has 4 heteroatoms. The number of carbonyl (C=O) groups is 1. The molecule has 1 rings (SSSR count). The molecule has 0 heterocycles. The number of carbonyl (C=O) groups excluding carboxylic acids is 1. The Morgan fingerprint density at radius 3 is 2.14 bits per heavy atom. The van der Waals surface area contributed by atoms with Crippen LogP contribution in [-0.2, 0) is 4.79 Å². The Balaban J connectivity index is 2.47. The summed E-state index contributed by atoms with van der Waals surface area (Å²) in [7, 11) is 0. The molecule has 1 amide bonds. The third-order valence-corrected chi connectivity index (χ3v) is 3.84. The molecule has 0 aliphatic heterocycles. The van der Waals surface area contributed by atoms with Gasteiger partial charge in [0.1, 0.15) is 0 Å². The predicted octanol–water partition coefficient (Wildman–Crippen LogP) is 3.11. The first-order valence-electron chi connectivity index (χ1n) is 7.86. The molecule has 21 heavy (non-hydrogen) atoms. The van der Waals surface area contributed by atoms with Crippen LogP contribution in [0.2, 0.25) is 0 Å². The van der Waals surface area contributed by atoms with Crippen LogP contribution in [0.15, 0.2) is 24.3 Å². The van der Waals surface area contributed by atoms with Crippen LogP contribution >= 0.6 is 0 Å². The average molecular weight is 291 g/mol. The Kier molecular flexibility index (Phi) is 7.06. The molecule has 4 nitrogen and oxygen atoms in total. The molecule has 0 spiro atoms. The predicted molar refractivity (Wildman–Crippen MR) is 90.9 cm³/mol. The second-order valence-electron chi connectivity index (χ2n) is 5.67. The number of benzene rings is 1. The summed E-state index contributed by atoms with van der Waals surface area (Å²) >= 11 is 0. The summed E-state index contributed by atoms with van der Waals surface area (Å²) in [5.41, 5.74) is 2.18. The minimum absolute atomic E-state index is 0.0315. The van der Waals surface area contributed by atoms with Gasteiger partial charge in [0.15, 0.2) is 0 Å². The lowest BCUT2D eigenvalue weighted by molar-refractivity contribution is -0.120. The van der Waals surface area contributed by atoms with Gasteiger partial charge in [-0.2, -0.15) is 0 Å². The normalized spacial score (nSPS) is 12.1. The van der Waals surface area contributed by atoms with Gasteiger partial charge in [-0.15, -0.1) is 0 Å². The van der Waals surface area contributed by atoms with Gasteiger partial charge < -0.3 is 15.5 Å². The zero-order valence-electron chi connectivity index (χ0n) is 13.9. The van der Waals surface area contributed by atoms with Crippen molar-refractivity contribution >= 4 is 17.3 Å². The Morgan fingerprint density at radius 2 is 1.67 bits per heavy atom. The van der Waals surface area contributed by atoms with Gasteiger partial charge in [-0.3, -0.25) is 4.79 Å². The van der Waals surface area contributed by atoms with Gasteiger partial charge in [-0.05, 0) is 51.0 Å². The minimum Gasteiger partial charge on any atom is -0.376 e. The van der Waals surface area contributed by atoms with Crippen molar-refractivity contribution < 1.29 is 4.79 Å². The summed E-state index contributed by atoms with van der Waals surface area (Å²) in [5.74, 6) is 0.478. The van der Waals surface area contributed by atoms with Crippen molar-refractivity contribution in [2.75, 3.05) is 29.9 Å². The van der Waals surface area contributed by atoms with Crippen molar-refractivity contribution in [2.24, 2.45) is 5.92 Å². The Hall–Kier alpha value is -1.71. The van der Waals surface area contributed by atoms with Crippen LogP contribution in [0.5, 0.6) is 0 Å². The molecule has 0 aliphatic carbocycles. The number of nitrogens with one attached hydrogen (secondary N) is 2. The molecule has 0 radical (unpaired) electrons. The zero-order valence-corrected chi connectivity index (χ0v) is 13.9. The highest BCUT2D eigenvalue weighted by Crippen LogP contribution is 2.17. The van der Waals surface area contributed by atoms with Gasteiger partial charge in [-0.1, -0.05) is 13.8 Å². The van der Waals surface area contributed by atoms with E-state index in [-0.39, 0.29) is 11.9 Å². The van der Waals surface area contributed by atoms with E-state index in [0.717, 1.165) is 18.8 Å². The van der Waals surface area contributed by atoms with Crippen LogP contribution < -0.4 is 15.5 Å². The smallest absolute Gasteiger partial charge is 0.239 e. The quantitative estimate of drug-likeness (QED) is 0.773. The van der Waals surface area contributed by atoms with E-state index in [9.17, 15) is 4.79 Å². The van der Waals surface area contributed by atoms with E-state index in [0.29, 0.717) is 12.5 Å². The molecule has 0 saturated heterocycles. The second-order valence-corrected chi connectivity index (χ2v) is 5.67. The summed E-state index contributed by atoms with van der Waals surface area (Å²) in [6.07, 6.45) is 0. The van der Waals surface area contributed by atoms with Crippen molar-refractivity contribution in [1.82, 2.24) is 5.32 Å². The van der Waals surface area contributed by atoms with E-state index < -0.39 is 0 Å². The monoisotopic (exact) mass is 291 g/mol. The maximum atomic E-state index is 11.8. The number of rotatable bonds is 8. The third kappa shape index (κ3) is 5.66. The number of nitrogens with zero attached hydrogens (tertiary/aromatic N) is 1. The lowest BCUT2D eigenvalue weighted by Crippen LogP contribution is -2.39. The van der Waals surface area contributed by atoms with E-state index in [1.165, 1.54) is 5.69 Å². The van der Waals surface area contributed by atoms with Crippen molar-refractivity contribution in [2.45, 2.75) is 40.7 Å². The van der Waals surface area contributed by atoms with E-state index >= 15 is 0 Å². The van der Waals surface area contributed by atoms with Gasteiger partial charge >= 0.3 is 0 Å². The molecule has 0 bridgehead atoms. The molecular formula is C17H29N3O. The van der Waals surface area contributed by atoms with E-state index in [2.05, 4.69) is 55.4 Å². The van der Waals surface area contributed by atoms with Gasteiger partial charge in [0.2, 0.25) is 5.91 Å². The molecule has 0 saturated carbocycles. The third-order valence-electron chi connectivity index (χ3n) is 3.84. The van der Waals surface area contributed by atoms with Crippen molar-refractivity contribution in [3.8, 4) is 0 Å². The van der Waals surface area contributed by atoms with Crippen LogP contribution in [-0.4, -0.2) is 31.6 Å². The van der Waals surface area contributed by atoms with Crippen molar-refractivity contribution in [3.05, 3.63) is 24.3 Å². The number of hydrogen-bond donors (Lipinski definition) is 2. The molecule has 118 valence electrons. The van der Waals surface area contributed by atoms with E-state index in [4.69, 9.17) is 0 Å². The van der Waals surface area contributed by atoms with Gasteiger partial charge in [-0.25, -0.2) is 0 Å². The van der Waals surface area contributed by atoms with Gasteiger partial charge in [0.25, 0.3) is 0 Å². The minimum atomic E-state index is 0.0315. The molecule has 2 N–H and O–H groups in total. The lowest BCUT2D eigenvalue weighted by atomic mass is 10.1. The molecule has 0 fully saturated rings.